The number of rotatable bonds is 7. The standard InChI is InChI=1S/C32H24F3N3O3/c1-19-28(37-27-12-6-11-26(36-27)24-9-4-5-10-25(24)32(33,34)35)29(41-38-19)23-8-3-2-7-22(23)20-13-15-21(16-14-20)31(17-18-31)30(39)40/h2-16H,17-18H2,1H3,(H,36,37)(H,39,40). The van der Waals surface area contributed by atoms with E-state index in [2.05, 4.69) is 15.5 Å². The first-order valence-electron chi connectivity index (χ1n) is 13.0. The number of alkyl halides is 3. The number of nitrogens with one attached hydrogen (secondary N) is 1. The number of anilines is 2. The smallest absolute Gasteiger partial charge is 0.417 e. The average Bonchev–Trinajstić information content (AvgIpc) is 3.72. The van der Waals surface area contributed by atoms with Gasteiger partial charge in [-0.2, -0.15) is 13.2 Å². The SMILES string of the molecule is Cc1noc(-c2ccccc2-c2ccc(C3(C(=O)O)CC3)cc2)c1Nc1cccc(-c2ccccc2C(F)(F)F)n1. The maximum Gasteiger partial charge on any atom is 0.417 e. The van der Waals surface area contributed by atoms with Gasteiger partial charge in [-0.25, -0.2) is 4.98 Å². The van der Waals surface area contributed by atoms with Crippen molar-refractivity contribution < 1.29 is 27.6 Å². The van der Waals surface area contributed by atoms with Crippen LogP contribution in [0.4, 0.5) is 24.7 Å². The number of hydrogen-bond donors (Lipinski definition) is 2. The largest absolute Gasteiger partial charge is 0.481 e. The molecule has 2 aromatic heterocycles. The van der Waals surface area contributed by atoms with E-state index in [1.54, 1.807) is 25.1 Å². The number of halogens is 3. The second kappa shape index (κ2) is 9.92. The molecule has 1 saturated carbocycles. The molecular weight excluding hydrogens is 531 g/mol. The molecule has 1 fully saturated rings. The molecule has 1 aliphatic carbocycles. The van der Waals surface area contributed by atoms with Crippen molar-refractivity contribution in [3.63, 3.8) is 0 Å². The quantitative estimate of drug-likeness (QED) is 0.210. The first kappa shape index (κ1) is 26.3. The van der Waals surface area contributed by atoms with Crippen LogP contribution in [0.2, 0.25) is 0 Å². The first-order valence-corrected chi connectivity index (χ1v) is 13.0. The van der Waals surface area contributed by atoms with E-state index in [4.69, 9.17) is 4.52 Å². The van der Waals surface area contributed by atoms with Crippen LogP contribution in [0.15, 0.2) is 95.5 Å². The summed E-state index contributed by atoms with van der Waals surface area (Å²) in [5.41, 5.74) is 2.92. The van der Waals surface area contributed by atoms with Gasteiger partial charge in [-0.1, -0.05) is 78.0 Å². The minimum atomic E-state index is -4.52. The molecule has 9 heteroatoms. The van der Waals surface area contributed by atoms with Gasteiger partial charge < -0.3 is 14.9 Å². The number of carboxylic acids is 1. The van der Waals surface area contributed by atoms with Gasteiger partial charge in [0, 0.05) is 11.1 Å². The number of aryl methyl sites for hydroxylation is 1. The Bertz CT molecular complexity index is 1760. The lowest BCUT2D eigenvalue weighted by atomic mass is 9.92. The van der Waals surface area contributed by atoms with Gasteiger partial charge in [0.1, 0.15) is 17.2 Å². The van der Waals surface area contributed by atoms with Crippen LogP contribution in [0.1, 0.15) is 29.7 Å². The van der Waals surface area contributed by atoms with Gasteiger partial charge in [0.2, 0.25) is 0 Å². The van der Waals surface area contributed by atoms with E-state index in [-0.39, 0.29) is 11.3 Å². The average molecular weight is 556 g/mol. The number of hydrogen-bond acceptors (Lipinski definition) is 5. The Labute approximate surface area is 233 Å². The molecule has 3 aromatic carbocycles. The topological polar surface area (TPSA) is 88.2 Å². The van der Waals surface area contributed by atoms with Gasteiger partial charge in [0.05, 0.1) is 16.7 Å². The number of aliphatic carboxylic acids is 1. The van der Waals surface area contributed by atoms with Crippen molar-refractivity contribution >= 4 is 17.5 Å². The molecule has 0 atom stereocenters. The fraction of sp³-hybridized carbons (Fsp3) is 0.156. The fourth-order valence-corrected chi connectivity index (χ4v) is 5.09. The monoisotopic (exact) mass is 555 g/mol. The Hall–Kier alpha value is -4.92. The van der Waals surface area contributed by atoms with Gasteiger partial charge in [0.15, 0.2) is 5.76 Å². The van der Waals surface area contributed by atoms with Gasteiger partial charge in [-0.05, 0) is 54.7 Å². The molecule has 0 saturated heterocycles. The summed E-state index contributed by atoms with van der Waals surface area (Å²) in [4.78, 5) is 16.2. The van der Waals surface area contributed by atoms with Crippen molar-refractivity contribution in [2.45, 2.75) is 31.4 Å². The third-order valence-corrected chi connectivity index (χ3v) is 7.45. The molecule has 0 amide bonds. The summed E-state index contributed by atoms with van der Waals surface area (Å²) in [6.45, 7) is 1.76. The molecule has 5 aromatic rings. The summed E-state index contributed by atoms with van der Waals surface area (Å²) < 4.78 is 46.7. The van der Waals surface area contributed by atoms with E-state index < -0.39 is 23.1 Å². The zero-order chi connectivity index (χ0) is 28.8. The van der Waals surface area contributed by atoms with E-state index in [1.165, 1.54) is 18.2 Å². The van der Waals surface area contributed by atoms with E-state index in [0.29, 0.717) is 35.8 Å². The summed E-state index contributed by atoms with van der Waals surface area (Å²) in [5.74, 6) is -0.0374. The molecule has 0 aliphatic heterocycles. The zero-order valence-corrected chi connectivity index (χ0v) is 21.9. The maximum atomic E-state index is 13.6. The zero-order valence-electron chi connectivity index (χ0n) is 21.9. The lowest BCUT2D eigenvalue weighted by Gasteiger charge is -2.14. The lowest BCUT2D eigenvalue weighted by molar-refractivity contribution is -0.140. The summed E-state index contributed by atoms with van der Waals surface area (Å²) in [5, 5.41) is 17.0. The van der Waals surface area contributed by atoms with E-state index >= 15 is 0 Å². The van der Waals surface area contributed by atoms with Crippen LogP contribution >= 0.6 is 0 Å². The Morgan fingerprint density at radius 3 is 2.20 bits per heavy atom. The van der Waals surface area contributed by atoms with Gasteiger partial charge in [-0.15, -0.1) is 0 Å². The maximum absolute atomic E-state index is 13.6. The molecule has 0 radical (unpaired) electrons. The highest BCUT2D eigenvalue weighted by molar-refractivity contribution is 5.89. The van der Waals surface area contributed by atoms with Crippen LogP contribution in [-0.4, -0.2) is 21.2 Å². The Kier molecular flexibility index (Phi) is 6.37. The summed E-state index contributed by atoms with van der Waals surface area (Å²) in [7, 11) is 0. The number of nitrogens with zero attached hydrogens (tertiary/aromatic N) is 2. The second-order valence-corrected chi connectivity index (χ2v) is 10.1. The van der Waals surface area contributed by atoms with Crippen molar-refractivity contribution in [2.75, 3.05) is 5.32 Å². The van der Waals surface area contributed by atoms with Crippen molar-refractivity contribution in [1.29, 1.82) is 0 Å². The molecule has 41 heavy (non-hydrogen) atoms. The number of aromatic nitrogens is 2. The van der Waals surface area contributed by atoms with Gasteiger partial charge in [0.25, 0.3) is 0 Å². The lowest BCUT2D eigenvalue weighted by Crippen LogP contribution is -2.19. The number of carboxylic acid groups (broad SMARTS) is 1. The summed E-state index contributed by atoms with van der Waals surface area (Å²) in [6.07, 6.45) is -3.27. The number of benzene rings is 3. The third kappa shape index (κ3) is 4.84. The molecule has 2 heterocycles. The Balaban J connectivity index is 1.35. The molecule has 0 spiro atoms. The van der Waals surface area contributed by atoms with Crippen LogP contribution in [0.3, 0.4) is 0 Å². The van der Waals surface area contributed by atoms with Crippen LogP contribution < -0.4 is 5.32 Å². The first-order chi connectivity index (χ1) is 19.7. The molecule has 0 unspecified atom stereocenters. The van der Waals surface area contributed by atoms with Crippen molar-refractivity contribution in [1.82, 2.24) is 10.1 Å². The minimum absolute atomic E-state index is 0.0180. The molecule has 206 valence electrons. The summed E-state index contributed by atoms with van der Waals surface area (Å²) in [6, 6.07) is 25.3. The Morgan fingerprint density at radius 2 is 1.54 bits per heavy atom. The highest BCUT2D eigenvalue weighted by atomic mass is 19.4. The predicted molar refractivity (Wildman–Crippen MR) is 149 cm³/mol. The summed E-state index contributed by atoms with van der Waals surface area (Å²) >= 11 is 0. The van der Waals surface area contributed by atoms with Crippen LogP contribution in [0.25, 0.3) is 33.7 Å². The minimum Gasteiger partial charge on any atom is -0.481 e. The van der Waals surface area contributed by atoms with Crippen LogP contribution in [0.5, 0.6) is 0 Å². The van der Waals surface area contributed by atoms with E-state index in [1.807, 2.05) is 48.5 Å². The van der Waals surface area contributed by atoms with Crippen molar-refractivity contribution in [2.24, 2.45) is 0 Å². The predicted octanol–water partition coefficient (Wildman–Crippen LogP) is 8.26. The third-order valence-electron chi connectivity index (χ3n) is 7.45. The van der Waals surface area contributed by atoms with E-state index in [9.17, 15) is 23.1 Å². The fourth-order valence-electron chi connectivity index (χ4n) is 5.09. The normalized spacial score (nSPS) is 14.0. The Morgan fingerprint density at radius 1 is 0.878 bits per heavy atom. The number of carbonyl (C=O) groups is 1. The van der Waals surface area contributed by atoms with Crippen molar-refractivity contribution in [3.8, 4) is 33.7 Å². The van der Waals surface area contributed by atoms with Crippen LogP contribution in [0, 0.1) is 6.92 Å². The molecule has 1 aliphatic rings. The van der Waals surface area contributed by atoms with Crippen molar-refractivity contribution in [3.05, 3.63) is 108 Å². The van der Waals surface area contributed by atoms with Gasteiger partial charge in [-0.3, -0.25) is 4.79 Å². The highest BCUT2D eigenvalue weighted by Crippen LogP contribution is 2.49. The molecule has 0 bridgehead atoms. The second-order valence-electron chi connectivity index (χ2n) is 10.1. The van der Waals surface area contributed by atoms with Gasteiger partial charge >= 0.3 is 12.1 Å². The molecule has 6 rings (SSSR count). The highest BCUT2D eigenvalue weighted by Gasteiger charge is 2.51. The molecule has 2 N–H and O–H groups in total. The van der Waals surface area contributed by atoms with Crippen LogP contribution in [-0.2, 0) is 16.4 Å². The molecular formula is C32H24F3N3O3. The molecule has 6 nitrogen and oxygen atoms in total. The van der Waals surface area contributed by atoms with E-state index in [0.717, 1.165) is 28.3 Å². The number of pyridine rings is 1.